The molecule has 1 aliphatic rings. The van der Waals surface area contributed by atoms with Crippen LogP contribution in [0.25, 0.3) is 0 Å². The minimum Gasteiger partial charge on any atom is -0.324 e. The molecule has 2 heteroatoms. The van der Waals surface area contributed by atoms with Gasteiger partial charge in [0.25, 0.3) is 0 Å². The van der Waals surface area contributed by atoms with Gasteiger partial charge in [-0.25, -0.2) is 0 Å². The van der Waals surface area contributed by atoms with Gasteiger partial charge >= 0.3 is 0 Å². The Morgan fingerprint density at radius 2 is 1.71 bits per heavy atom. The van der Waals surface area contributed by atoms with Crippen molar-refractivity contribution in [1.82, 2.24) is 4.90 Å². The van der Waals surface area contributed by atoms with Crippen molar-refractivity contribution >= 4 is 0 Å². The lowest BCUT2D eigenvalue weighted by Crippen LogP contribution is -2.50. The van der Waals surface area contributed by atoms with Crippen molar-refractivity contribution in [2.45, 2.75) is 52.0 Å². The molecule has 0 radical (unpaired) electrons. The summed E-state index contributed by atoms with van der Waals surface area (Å²) in [5, 5.41) is 0. The highest BCUT2D eigenvalue weighted by molar-refractivity contribution is 4.97. The molecule has 0 saturated heterocycles. The number of rotatable bonds is 7. The molecule has 14 heavy (non-hydrogen) atoms. The summed E-state index contributed by atoms with van der Waals surface area (Å²) >= 11 is 0. The van der Waals surface area contributed by atoms with Crippen molar-refractivity contribution in [2.75, 3.05) is 19.6 Å². The Hall–Kier alpha value is -0.0800. The van der Waals surface area contributed by atoms with Gasteiger partial charge in [-0.15, -0.1) is 0 Å². The van der Waals surface area contributed by atoms with Gasteiger partial charge in [-0.05, 0) is 51.6 Å². The first-order chi connectivity index (χ1) is 6.60. The van der Waals surface area contributed by atoms with Gasteiger partial charge in [0.1, 0.15) is 0 Å². The fraction of sp³-hybridized carbons (Fsp3) is 1.00. The van der Waals surface area contributed by atoms with E-state index in [1.165, 1.54) is 38.8 Å². The molecule has 0 aromatic rings. The van der Waals surface area contributed by atoms with Crippen LogP contribution in [-0.2, 0) is 0 Å². The fourth-order valence-electron chi connectivity index (χ4n) is 2.26. The normalized spacial score (nSPS) is 21.2. The molecule has 1 atom stereocenters. The molecule has 0 amide bonds. The largest absolute Gasteiger partial charge is 0.324 e. The van der Waals surface area contributed by atoms with Crippen LogP contribution in [-0.4, -0.2) is 30.1 Å². The molecule has 2 nitrogen and oxygen atoms in total. The van der Waals surface area contributed by atoms with E-state index in [9.17, 15) is 0 Å². The van der Waals surface area contributed by atoms with Crippen LogP contribution in [0.4, 0.5) is 0 Å². The lowest BCUT2D eigenvalue weighted by molar-refractivity contribution is 0.202. The SMILES string of the molecule is CCCN(CCC)CC(C)(N)C1CC1. The third kappa shape index (κ3) is 3.58. The van der Waals surface area contributed by atoms with Gasteiger partial charge in [0.15, 0.2) is 0 Å². The number of nitrogens with two attached hydrogens (primary N) is 1. The van der Waals surface area contributed by atoms with E-state index in [-0.39, 0.29) is 5.54 Å². The van der Waals surface area contributed by atoms with Crippen LogP contribution >= 0.6 is 0 Å². The monoisotopic (exact) mass is 198 g/mol. The van der Waals surface area contributed by atoms with Crippen LogP contribution in [0, 0.1) is 5.92 Å². The van der Waals surface area contributed by atoms with E-state index >= 15 is 0 Å². The molecule has 0 aromatic carbocycles. The van der Waals surface area contributed by atoms with E-state index in [1.54, 1.807) is 0 Å². The molecule has 0 heterocycles. The maximum Gasteiger partial charge on any atom is 0.0283 e. The second-order valence-electron chi connectivity index (χ2n) is 5.06. The minimum absolute atomic E-state index is 0.0599. The highest BCUT2D eigenvalue weighted by Gasteiger charge is 2.39. The molecule has 1 fully saturated rings. The zero-order valence-corrected chi connectivity index (χ0v) is 10.1. The first kappa shape index (κ1) is 12.0. The molecule has 1 unspecified atom stereocenters. The molecule has 1 saturated carbocycles. The lowest BCUT2D eigenvalue weighted by Gasteiger charge is -2.32. The molecule has 84 valence electrons. The van der Waals surface area contributed by atoms with E-state index in [1.807, 2.05) is 0 Å². The molecule has 0 aliphatic heterocycles. The molecule has 0 aromatic heterocycles. The maximum atomic E-state index is 6.34. The minimum atomic E-state index is 0.0599. The van der Waals surface area contributed by atoms with Gasteiger partial charge < -0.3 is 10.6 Å². The Labute approximate surface area is 88.8 Å². The number of hydrogen-bond acceptors (Lipinski definition) is 2. The molecule has 0 spiro atoms. The summed E-state index contributed by atoms with van der Waals surface area (Å²) in [6, 6.07) is 0. The van der Waals surface area contributed by atoms with Crippen molar-refractivity contribution in [3.8, 4) is 0 Å². The first-order valence-electron chi connectivity index (χ1n) is 6.11. The highest BCUT2D eigenvalue weighted by atomic mass is 15.1. The van der Waals surface area contributed by atoms with Crippen molar-refractivity contribution < 1.29 is 0 Å². The van der Waals surface area contributed by atoms with E-state index in [0.717, 1.165) is 12.5 Å². The zero-order valence-electron chi connectivity index (χ0n) is 10.1. The second-order valence-corrected chi connectivity index (χ2v) is 5.06. The van der Waals surface area contributed by atoms with Crippen molar-refractivity contribution in [2.24, 2.45) is 11.7 Å². The van der Waals surface area contributed by atoms with Crippen molar-refractivity contribution in [3.05, 3.63) is 0 Å². The highest BCUT2D eigenvalue weighted by Crippen LogP contribution is 2.38. The third-order valence-electron chi connectivity index (χ3n) is 3.15. The fourth-order valence-corrected chi connectivity index (χ4v) is 2.26. The average molecular weight is 198 g/mol. The maximum absolute atomic E-state index is 6.34. The standard InChI is InChI=1S/C12H26N2/c1-4-8-14(9-5-2)10-12(3,13)11-6-7-11/h11H,4-10,13H2,1-3H3. The van der Waals surface area contributed by atoms with E-state index < -0.39 is 0 Å². The van der Waals surface area contributed by atoms with Gasteiger partial charge in [0.05, 0.1) is 0 Å². The van der Waals surface area contributed by atoms with E-state index in [2.05, 4.69) is 25.7 Å². The molecule has 0 bridgehead atoms. The summed E-state index contributed by atoms with van der Waals surface area (Å²) in [5.74, 6) is 0.790. The quantitative estimate of drug-likeness (QED) is 0.680. The van der Waals surface area contributed by atoms with Gasteiger partial charge in [-0.1, -0.05) is 13.8 Å². The van der Waals surface area contributed by atoms with E-state index in [4.69, 9.17) is 5.73 Å². The first-order valence-corrected chi connectivity index (χ1v) is 6.11. The van der Waals surface area contributed by atoms with Crippen LogP contribution in [0.5, 0.6) is 0 Å². The van der Waals surface area contributed by atoms with Crippen LogP contribution in [0.3, 0.4) is 0 Å². The summed E-state index contributed by atoms with van der Waals surface area (Å²) in [6.07, 6.45) is 5.17. The van der Waals surface area contributed by atoms with Crippen molar-refractivity contribution in [3.63, 3.8) is 0 Å². The van der Waals surface area contributed by atoms with Gasteiger partial charge in [0.2, 0.25) is 0 Å². The summed E-state index contributed by atoms with van der Waals surface area (Å²) in [7, 11) is 0. The Bertz CT molecular complexity index is 156. The summed E-state index contributed by atoms with van der Waals surface area (Å²) < 4.78 is 0. The summed E-state index contributed by atoms with van der Waals surface area (Å²) in [5.41, 5.74) is 6.40. The van der Waals surface area contributed by atoms with Crippen LogP contribution in [0.1, 0.15) is 46.5 Å². The van der Waals surface area contributed by atoms with Gasteiger partial charge in [-0.3, -0.25) is 0 Å². The summed E-state index contributed by atoms with van der Waals surface area (Å²) in [6.45, 7) is 10.2. The van der Waals surface area contributed by atoms with E-state index in [0.29, 0.717) is 0 Å². The number of nitrogens with zero attached hydrogens (tertiary/aromatic N) is 1. The Balaban J connectivity index is 2.35. The molecule has 1 rings (SSSR count). The third-order valence-corrected chi connectivity index (χ3v) is 3.15. The van der Waals surface area contributed by atoms with Crippen LogP contribution < -0.4 is 5.73 Å². The molecule has 2 N–H and O–H groups in total. The smallest absolute Gasteiger partial charge is 0.0283 e. The van der Waals surface area contributed by atoms with Gasteiger partial charge in [-0.2, -0.15) is 0 Å². The van der Waals surface area contributed by atoms with Crippen LogP contribution in [0.15, 0.2) is 0 Å². The predicted octanol–water partition coefficient (Wildman–Crippen LogP) is 2.24. The molecular weight excluding hydrogens is 172 g/mol. The summed E-state index contributed by atoms with van der Waals surface area (Å²) in [4.78, 5) is 2.53. The van der Waals surface area contributed by atoms with Crippen LogP contribution in [0.2, 0.25) is 0 Å². The molecular formula is C12H26N2. The Kier molecular flexibility index (Phi) is 4.39. The lowest BCUT2D eigenvalue weighted by atomic mass is 9.96. The average Bonchev–Trinajstić information content (AvgIpc) is 2.86. The Morgan fingerprint density at radius 3 is 2.07 bits per heavy atom. The zero-order chi connectivity index (χ0) is 10.6. The molecule has 1 aliphatic carbocycles. The predicted molar refractivity (Wildman–Crippen MR) is 62.3 cm³/mol. The second kappa shape index (κ2) is 5.13. The number of hydrogen-bond donors (Lipinski definition) is 1. The Morgan fingerprint density at radius 1 is 1.21 bits per heavy atom. The van der Waals surface area contributed by atoms with Crippen molar-refractivity contribution in [1.29, 1.82) is 0 Å². The van der Waals surface area contributed by atoms with Gasteiger partial charge in [0, 0.05) is 12.1 Å². The topological polar surface area (TPSA) is 29.3 Å².